The van der Waals surface area contributed by atoms with Crippen molar-refractivity contribution in [3.8, 4) is 0 Å². The number of nitrogens with zero attached hydrogens (tertiary/aromatic N) is 1. The zero-order chi connectivity index (χ0) is 13.9. The van der Waals surface area contributed by atoms with Gasteiger partial charge in [0.15, 0.2) is 0 Å². The van der Waals surface area contributed by atoms with E-state index in [1.807, 2.05) is 0 Å². The number of benzene rings is 1. The summed E-state index contributed by atoms with van der Waals surface area (Å²) in [5.41, 5.74) is 2.87. The van der Waals surface area contributed by atoms with Gasteiger partial charge in [0.25, 0.3) is 0 Å². The Labute approximate surface area is 122 Å². The van der Waals surface area contributed by atoms with Crippen molar-refractivity contribution in [2.45, 2.75) is 44.9 Å². The molecule has 1 aromatic rings. The summed E-state index contributed by atoms with van der Waals surface area (Å²) in [6.07, 6.45) is 2.50. The third kappa shape index (κ3) is 2.90. The summed E-state index contributed by atoms with van der Waals surface area (Å²) in [6.45, 7) is 8.69. The predicted molar refractivity (Wildman–Crippen MR) is 82.0 cm³/mol. The average molecular weight is 274 g/mol. The van der Waals surface area contributed by atoms with Crippen LogP contribution in [0.2, 0.25) is 0 Å². The molecule has 3 heteroatoms. The van der Waals surface area contributed by atoms with Crippen molar-refractivity contribution in [1.82, 2.24) is 10.2 Å². The van der Waals surface area contributed by atoms with E-state index in [4.69, 9.17) is 4.74 Å². The van der Waals surface area contributed by atoms with Crippen LogP contribution in [0.15, 0.2) is 24.3 Å². The fourth-order valence-electron chi connectivity index (χ4n) is 3.36. The highest BCUT2D eigenvalue weighted by atomic mass is 16.5. The lowest BCUT2D eigenvalue weighted by Crippen LogP contribution is -2.56. The van der Waals surface area contributed by atoms with Gasteiger partial charge in [-0.2, -0.15) is 0 Å². The van der Waals surface area contributed by atoms with Crippen molar-refractivity contribution in [3.63, 3.8) is 0 Å². The van der Waals surface area contributed by atoms with Gasteiger partial charge in [0.2, 0.25) is 0 Å². The van der Waals surface area contributed by atoms with Crippen molar-refractivity contribution in [3.05, 3.63) is 35.4 Å². The molecule has 0 aliphatic carbocycles. The molecule has 20 heavy (non-hydrogen) atoms. The highest BCUT2D eigenvalue weighted by molar-refractivity contribution is 5.31. The Morgan fingerprint density at radius 1 is 1.35 bits per heavy atom. The smallest absolute Gasteiger partial charge is 0.0954 e. The zero-order valence-corrected chi connectivity index (χ0v) is 12.6. The second-order valence-corrected chi connectivity index (χ2v) is 6.12. The summed E-state index contributed by atoms with van der Waals surface area (Å²) in [5.74, 6) is 0. The first-order chi connectivity index (χ1) is 9.78. The van der Waals surface area contributed by atoms with Crippen molar-refractivity contribution in [2.75, 3.05) is 26.2 Å². The molecule has 3 nitrogen and oxygen atoms in total. The van der Waals surface area contributed by atoms with E-state index in [1.54, 1.807) is 0 Å². The first-order valence-electron chi connectivity index (χ1n) is 7.94. The molecule has 1 aromatic carbocycles. The Morgan fingerprint density at radius 3 is 3.05 bits per heavy atom. The van der Waals surface area contributed by atoms with E-state index in [0.717, 1.165) is 32.7 Å². The molecule has 3 unspecified atom stereocenters. The summed E-state index contributed by atoms with van der Waals surface area (Å²) >= 11 is 0. The highest BCUT2D eigenvalue weighted by Crippen LogP contribution is 2.28. The molecule has 0 amide bonds. The Morgan fingerprint density at radius 2 is 2.20 bits per heavy atom. The maximum Gasteiger partial charge on any atom is 0.0954 e. The number of fused-ring (bicyclic) bond motifs is 1. The van der Waals surface area contributed by atoms with Crippen LogP contribution in [-0.4, -0.2) is 43.2 Å². The topological polar surface area (TPSA) is 24.5 Å². The molecular weight excluding hydrogens is 248 g/mol. The lowest BCUT2D eigenvalue weighted by Gasteiger charge is -2.41. The predicted octanol–water partition coefficient (Wildman–Crippen LogP) is 2.37. The van der Waals surface area contributed by atoms with E-state index in [9.17, 15) is 0 Å². The Bertz CT molecular complexity index is 448. The number of rotatable bonds is 3. The van der Waals surface area contributed by atoms with Crippen LogP contribution in [0.3, 0.4) is 0 Å². The van der Waals surface area contributed by atoms with Gasteiger partial charge in [0.05, 0.1) is 12.7 Å². The summed E-state index contributed by atoms with van der Waals surface area (Å²) in [6, 6.07) is 9.99. The number of ether oxygens (including phenoxy) is 1. The number of hydrogen-bond donors (Lipinski definition) is 1. The standard InChI is InChI=1S/C17H26N2O/c1-3-15-11-19(13(2)10-18-15)12-17-16-7-5-4-6-14(16)8-9-20-17/h4-7,13,15,17-18H,3,8-12H2,1-2H3. The quantitative estimate of drug-likeness (QED) is 0.916. The SMILES string of the molecule is CCC1CN(CC2OCCc3ccccc32)C(C)CN1. The lowest BCUT2D eigenvalue weighted by molar-refractivity contribution is -0.00161. The van der Waals surface area contributed by atoms with Crippen molar-refractivity contribution < 1.29 is 4.74 Å². The molecule has 2 aliphatic heterocycles. The van der Waals surface area contributed by atoms with Gasteiger partial charge in [-0.1, -0.05) is 31.2 Å². The number of piperazine rings is 1. The molecule has 0 saturated carbocycles. The molecule has 3 rings (SSSR count). The van der Waals surface area contributed by atoms with Gasteiger partial charge in [-0.05, 0) is 30.9 Å². The van der Waals surface area contributed by atoms with Gasteiger partial charge in [0, 0.05) is 31.7 Å². The van der Waals surface area contributed by atoms with E-state index in [-0.39, 0.29) is 6.10 Å². The molecule has 1 N–H and O–H groups in total. The average Bonchev–Trinajstić information content (AvgIpc) is 2.50. The minimum Gasteiger partial charge on any atom is -0.372 e. The van der Waals surface area contributed by atoms with Crippen LogP contribution in [0.25, 0.3) is 0 Å². The van der Waals surface area contributed by atoms with E-state index in [0.29, 0.717) is 12.1 Å². The van der Waals surface area contributed by atoms with E-state index in [2.05, 4.69) is 48.3 Å². The third-order valence-electron chi connectivity index (χ3n) is 4.77. The number of hydrogen-bond acceptors (Lipinski definition) is 3. The van der Waals surface area contributed by atoms with Gasteiger partial charge >= 0.3 is 0 Å². The van der Waals surface area contributed by atoms with Crippen molar-refractivity contribution in [1.29, 1.82) is 0 Å². The molecule has 2 heterocycles. The van der Waals surface area contributed by atoms with Gasteiger partial charge in [0.1, 0.15) is 0 Å². The van der Waals surface area contributed by atoms with Crippen molar-refractivity contribution >= 4 is 0 Å². The molecule has 1 fully saturated rings. The van der Waals surface area contributed by atoms with Gasteiger partial charge < -0.3 is 10.1 Å². The van der Waals surface area contributed by atoms with Gasteiger partial charge in [-0.25, -0.2) is 0 Å². The Balaban J connectivity index is 1.71. The molecule has 2 aliphatic rings. The molecule has 3 atom stereocenters. The number of nitrogens with one attached hydrogen (secondary N) is 1. The fourth-order valence-corrected chi connectivity index (χ4v) is 3.36. The molecule has 1 saturated heterocycles. The molecule has 0 radical (unpaired) electrons. The van der Waals surface area contributed by atoms with E-state index >= 15 is 0 Å². The largest absolute Gasteiger partial charge is 0.372 e. The van der Waals surface area contributed by atoms with Crippen LogP contribution >= 0.6 is 0 Å². The second kappa shape index (κ2) is 6.25. The molecule has 110 valence electrons. The third-order valence-corrected chi connectivity index (χ3v) is 4.77. The van der Waals surface area contributed by atoms with Gasteiger partial charge in [-0.15, -0.1) is 0 Å². The van der Waals surface area contributed by atoms with Crippen LogP contribution in [0.1, 0.15) is 37.5 Å². The van der Waals surface area contributed by atoms with Gasteiger partial charge in [-0.3, -0.25) is 4.90 Å². The summed E-state index contributed by atoms with van der Waals surface area (Å²) in [5, 5.41) is 3.62. The molecule has 0 spiro atoms. The minimum atomic E-state index is 0.248. The first kappa shape index (κ1) is 14.1. The molecular formula is C17H26N2O. The first-order valence-corrected chi connectivity index (χ1v) is 7.94. The van der Waals surface area contributed by atoms with Crippen LogP contribution in [0, 0.1) is 0 Å². The van der Waals surface area contributed by atoms with Crippen LogP contribution < -0.4 is 5.32 Å². The van der Waals surface area contributed by atoms with Crippen LogP contribution in [0.4, 0.5) is 0 Å². The molecule has 0 bridgehead atoms. The maximum absolute atomic E-state index is 6.06. The van der Waals surface area contributed by atoms with E-state index < -0.39 is 0 Å². The minimum absolute atomic E-state index is 0.248. The molecule has 0 aromatic heterocycles. The monoisotopic (exact) mass is 274 g/mol. The van der Waals surface area contributed by atoms with Crippen molar-refractivity contribution in [2.24, 2.45) is 0 Å². The van der Waals surface area contributed by atoms with E-state index in [1.165, 1.54) is 17.5 Å². The second-order valence-electron chi connectivity index (χ2n) is 6.12. The fraction of sp³-hybridized carbons (Fsp3) is 0.647. The zero-order valence-electron chi connectivity index (χ0n) is 12.6. The summed E-state index contributed by atoms with van der Waals surface area (Å²) in [4.78, 5) is 2.59. The Kier molecular flexibility index (Phi) is 4.39. The summed E-state index contributed by atoms with van der Waals surface area (Å²) in [7, 11) is 0. The maximum atomic E-state index is 6.06. The van der Waals surface area contributed by atoms with Crippen LogP contribution in [0.5, 0.6) is 0 Å². The lowest BCUT2D eigenvalue weighted by atomic mass is 9.96. The summed E-state index contributed by atoms with van der Waals surface area (Å²) < 4.78 is 6.06. The Hall–Kier alpha value is -0.900. The van der Waals surface area contributed by atoms with Crippen LogP contribution in [-0.2, 0) is 11.2 Å². The highest BCUT2D eigenvalue weighted by Gasteiger charge is 2.29. The normalized spacial score (nSPS) is 31.0.